The summed E-state index contributed by atoms with van der Waals surface area (Å²) in [5.41, 5.74) is 2.30. The summed E-state index contributed by atoms with van der Waals surface area (Å²) in [6, 6.07) is 4.19. The van der Waals surface area contributed by atoms with Crippen molar-refractivity contribution >= 4 is 0 Å². The SMILES string of the molecule is C=CCc1cc(CNCCCOCC)cc(OC)c1OCC. The summed E-state index contributed by atoms with van der Waals surface area (Å²) in [4.78, 5) is 0. The van der Waals surface area contributed by atoms with E-state index in [0.717, 1.165) is 56.2 Å². The normalized spacial score (nSPS) is 10.5. The Morgan fingerprint density at radius 3 is 2.68 bits per heavy atom. The van der Waals surface area contributed by atoms with Gasteiger partial charge >= 0.3 is 0 Å². The van der Waals surface area contributed by atoms with Gasteiger partial charge in [0, 0.05) is 25.3 Å². The summed E-state index contributed by atoms with van der Waals surface area (Å²) in [5.74, 6) is 1.61. The van der Waals surface area contributed by atoms with E-state index in [4.69, 9.17) is 14.2 Å². The Labute approximate surface area is 134 Å². The molecule has 4 nitrogen and oxygen atoms in total. The molecule has 4 heteroatoms. The molecule has 0 aliphatic heterocycles. The van der Waals surface area contributed by atoms with E-state index in [1.165, 1.54) is 5.56 Å². The monoisotopic (exact) mass is 307 g/mol. The minimum Gasteiger partial charge on any atom is -0.493 e. The van der Waals surface area contributed by atoms with Gasteiger partial charge in [0.25, 0.3) is 0 Å². The summed E-state index contributed by atoms with van der Waals surface area (Å²) < 4.78 is 16.5. The number of allylic oxidation sites excluding steroid dienone is 1. The molecule has 0 saturated heterocycles. The highest BCUT2D eigenvalue weighted by atomic mass is 16.5. The topological polar surface area (TPSA) is 39.7 Å². The van der Waals surface area contributed by atoms with Crippen LogP contribution in [0.3, 0.4) is 0 Å². The lowest BCUT2D eigenvalue weighted by Gasteiger charge is -2.16. The van der Waals surface area contributed by atoms with Gasteiger partial charge in [-0.25, -0.2) is 0 Å². The van der Waals surface area contributed by atoms with Crippen LogP contribution in [0, 0.1) is 0 Å². The third kappa shape index (κ3) is 6.08. The van der Waals surface area contributed by atoms with Crippen molar-refractivity contribution in [3.05, 3.63) is 35.9 Å². The molecule has 0 aliphatic rings. The van der Waals surface area contributed by atoms with Gasteiger partial charge in [-0.15, -0.1) is 6.58 Å². The van der Waals surface area contributed by atoms with E-state index in [-0.39, 0.29) is 0 Å². The molecule has 0 aromatic heterocycles. The van der Waals surface area contributed by atoms with Gasteiger partial charge in [0.1, 0.15) is 0 Å². The van der Waals surface area contributed by atoms with Crippen LogP contribution in [0.5, 0.6) is 11.5 Å². The predicted octanol–water partition coefficient (Wildman–Crippen LogP) is 3.34. The number of methoxy groups -OCH3 is 1. The maximum Gasteiger partial charge on any atom is 0.164 e. The first-order chi connectivity index (χ1) is 10.8. The predicted molar refractivity (Wildman–Crippen MR) is 90.9 cm³/mol. The maximum atomic E-state index is 5.73. The second kappa shape index (κ2) is 11.1. The smallest absolute Gasteiger partial charge is 0.164 e. The van der Waals surface area contributed by atoms with Crippen LogP contribution < -0.4 is 14.8 Å². The highest BCUT2D eigenvalue weighted by Crippen LogP contribution is 2.33. The van der Waals surface area contributed by atoms with Gasteiger partial charge in [0.2, 0.25) is 0 Å². The van der Waals surface area contributed by atoms with E-state index in [1.807, 2.05) is 26.0 Å². The average Bonchev–Trinajstić information content (AvgIpc) is 2.53. The van der Waals surface area contributed by atoms with Gasteiger partial charge in [0.15, 0.2) is 11.5 Å². The Morgan fingerprint density at radius 1 is 1.23 bits per heavy atom. The summed E-state index contributed by atoms with van der Waals surface area (Å²) >= 11 is 0. The van der Waals surface area contributed by atoms with Crippen LogP contribution in [-0.2, 0) is 17.7 Å². The quantitative estimate of drug-likeness (QED) is 0.475. The van der Waals surface area contributed by atoms with Crippen molar-refractivity contribution < 1.29 is 14.2 Å². The Hall–Kier alpha value is -1.52. The first-order valence-corrected chi connectivity index (χ1v) is 7.98. The van der Waals surface area contributed by atoms with Gasteiger partial charge in [-0.1, -0.05) is 12.1 Å². The van der Waals surface area contributed by atoms with Crippen LogP contribution in [-0.4, -0.2) is 33.5 Å². The summed E-state index contributed by atoms with van der Waals surface area (Å²) in [6.07, 6.45) is 3.67. The van der Waals surface area contributed by atoms with Gasteiger partial charge in [0.05, 0.1) is 13.7 Å². The van der Waals surface area contributed by atoms with Gasteiger partial charge < -0.3 is 19.5 Å². The molecule has 0 radical (unpaired) electrons. The molecule has 0 aliphatic carbocycles. The summed E-state index contributed by atoms with van der Waals surface area (Å²) in [5, 5.41) is 3.43. The molecule has 1 aromatic carbocycles. The molecule has 0 spiro atoms. The average molecular weight is 307 g/mol. The van der Waals surface area contributed by atoms with E-state index in [1.54, 1.807) is 7.11 Å². The Balaban J connectivity index is 2.70. The minimum atomic E-state index is 0.621. The third-order valence-corrected chi connectivity index (χ3v) is 3.24. The van der Waals surface area contributed by atoms with Crippen molar-refractivity contribution in [3.8, 4) is 11.5 Å². The molecule has 0 atom stereocenters. The van der Waals surface area contributed by atoms with Gasteiger partial charge in [-0.05, 0) is 44.9 Å². The van der Waals surface area contributed by atoms with Crippen molar-refractivity contribution in [1.29, 1.82) is 0 Å². The lowest BCUT2D eigenvalue weighted by Crippen LogP contribution is -2.16. The Kier molecular flexibility index (Phi) is 9.35. The number of nitrogens with one attached hydrogen (secondary N) is 1. The molecule has 0 amide bonds. The zero-order valence-electron chi connectivity index (χ0n) is 14.1. The molecule has 1 aromatic rings. The number of ether oxygens (including phenoxy) is 3. The van der Waals surface area contributed by atoms with Crippen molar-refractivity contribution in [3.63, 3.8) is 0 Å². The Bertz CT molecular complexity index is 446. The van der Waals surface area contributed by atoms with Crippen molar-refractivity contribution in [1.82, 2.24) is 5.32 Å². The van der Waals surface area contributed by atoms with E-state index in [2.05, 4.69) is 18.0 Å². The molecule has 1 rings (SSSR count). The van der Waals surface area contributed by atoms with Gasteiger partial charge in [-0.2, -0.15) is 0 Å². The highest BCUT2D eigenvalue weighted by Gasteiger charge is 2.12. The molecule has 0 bridgehead atoms. The van der Waals surface area contributed by atoms with Crippen molar-refractivity contribution in [2.45, 2.75) is 33.2 Å². The molecule has 0 heterocycles. The minimum absolute atomic E-state index is 0.621. The molecule has 0 unspecified atom stereocenters. The third-order valence-electron chi connectivity index (χ3n) is 3.24. The summed E-state index contributed by atoms with van der Waals surface area (Å²) in [7, 11) is 1.68. The van der Waals surface area contributed by atoms with E-state index < -0.39 is 0 Å². The lowest BCUT2D eigenvalue weighted by atomic mass is 10.1. The molecule has 22 heavy (non-hydrogen) atoms. The molecular weight excluding hydrogens is 278 g/mol. The van der Waals surface area contributed by atoms with Crippen molar-refractivity contribution in [2.24, 2.45) is 0 Å². The zero-order chi connectivity index (χ0) is 16.2. The van der Waals surface area contributed by atoms with Crippen LogP contribution in [0.25, 0.3) is 0 Å². The lowest BCUT2D eigenvalue weighted by molar-refractivity contribution is 0.144. The fourth-order valence-electron chi connectivity index (χ4n) is 2.27. The standard InChI is InChI=1S/C18H29NO3/c1-5-9-16-12-15(14-19-10-8-11-21-6-2)13-17(20-4)18(16)22-7-3/h5,12-13,19H,1,6-11,14H2,2-4H3. The summed E-state index contributed by atoms with van der Waals surface area (Å²) in [6.45, 7) is 11.8. The first-order valence-electron chi connectivity index (χ1n) is 7.98. The largest absolute Gasteiger partial charge is 0.493 e. The molecule has 0 saturated carbocycles. The van der Waals surface area contributed by atoms with Crippen LogP contribution in [0.2, 0.25) is 0 Å². The van der Waals surface area contributed by atoms with Crippen LogP contribution in [0.1, 0.15) is 31.4 Å². The fourth-order valence-corrected chi connectivity index (χ4v) is 2.27. The van der Waals surface area contributed by atoms with Crippen LogP contribution in [0.4, 0.5) is 0 Å². The first kappa shape index (κ1) is 18.5. The number of hydrogen-bond acceptors (Lipinski definition) is 4. The van der Waals surface area contributed by atoms with Crippen LogP contribution in [0.15, 0.2) is 24.8 Å². The second-order valence-electron chi connectivity index (χ2n) is 4.94. The van der Waals surface area contributed by atoms with E-state index in [0.29, 0.717) is 6.61 Å². The molecular formula is C18H29NO3. The number of rotatable bonds is 12. The van der Waals surface area contributed by atoms with E-state index in [9.17, 15) is 0 Å². The van der Waals surface area contributed by atoms with Crippen LogP contribution >= 0.6 is 0 Å². The molecule has 1 N–H and O–H groups in total. The second-order valence-corrected chi connectivity index (χ2v) is 4.94. The van der Waals surface area contributed by atoms with Gasteiger partial charge in [-0.3, -0.25) is 0 Å². The fraction of sp³-hybridized carbons (Fsp3) is 0.556. The highest BCUT2D eigenvalue weighted by molar-refractivity contribution is 5.50. The van der Waals surface area contributed by atoms with Crippen molar-refractivity contribution in [2.75, 3.05) is 33.5 Å². The zero-order valence-corrected chi connectivity index (χ0v) is 14.1. The maximum absolute atomic E-state index is 5.73. The molecule has 0 fully saturated rings. The Morgan fingerprint density at radius 2 is 2.05 bits per heavy atom. The number of hydrogen-bond donors (Lipinski definition) is 1. The van der Waals surface area contributed by atoms with E-state index >= 15 is 0 Å². The molecule has 124 valence electrons. The number of benzene rings is 1.